The van der Waals surface area contributed by atoms with E-state index in [1.807, 2.05) is 38.1 Å². The van der Waals surface area contributed by atoms with Crippen molar-refractivity contribution in [2.24, 2.45) is 5.41 Å². The Morgan fingerprint density at radius 3 is 2.24 bits per heavy atom. The van der Waals surface area contributed by atoms with Gasteiger partial charge in [0.2, 0.25) is 0 Å². The fraction of sp³-hybridized carbons (Fsp3) is 0.310. The maximum atomic E-state index is 11.0. The molecule has 1 N–H and O–H groups in total. The summed E-state index contributed by atoms with van der Waals surface area (Å²) in [7, 11) is 0. The van der Waals surface area contributed by atoms with Crippen molar-refractivity contribution >= 4 is 12.3 Å². The molecule has 5 heteroatoms. The van der Waals surface area contributed by atoms with E-state index in [2.05, 4.69) is 26.0 Å². The lowest BCUT2D eigenvalue weighted by atomic mass is 9.86. The fourth-order valence-electron chi connectivity index (χ4n) is 4.03. The van der Waals surface area contributed by atoms with Crippen LogP contribution in [0.3, 0.4) is 0 Å². The molecule has 0 spiro atoms. The van der Waals surface area contributed by atoms with Gasteiger partial charge in [0, 0.05) is 5.56 Å². The molecule has 0 aliphatic carbocycles. The van der Waals surface area contributed by atoms with Gasteiger partial charge in [0.1, 0.15) is 24.4 Å². The van der Waals surface area contributed by atoms with E-state index in [9.17, 15) is 9.59 Å². The Kier molecular flexibility index (Phi) is 8.11. The summed E-state index contributed by atoms with van der Waals surface area (Å²) in [5, 5.41) is 9.05. The third-order valence-corrected chi connectivity index (χ3v) is 5.82. The predicted octanol–water partition coefficient (Wildman–Crippen LogP) is 6.63. The summed E-state index contributed by atoms with van der Waals surface area (Å²) >= 11 is 0. The molecule has 0 bridgehead atoms. The number of carbonyl (C=O) groups excluding carboxylic acids is 1. The molecule has 0 unspecified atom stereocenters. The number of benzene rings is 3. The van der Waals surface area contributed by atoms with Crippen LogP contribution in [0.5, 0.6) is 11.5 Å². The monoisotopic (exact) mass is 460 g/mol. The number of carboxylic acids is 1. The zero-order chi connectivity index (χ0) is 24.7. The molecule has 0 aliphatic heterocycles. The highest BCUT2D eigenvalue weighted by atomic mass is 16.5. The molecule has 34 heavy (non-hydrogen) atoms. The van der Waals surface area contributed by atoms with Crippen molar-refractivity contribution in [3.63, 3.8) is 0 Å². The smallest absolute Gasteiger partial charge is 0.303 e. The van der Waals surface area contributed by atoms with E-state index in [-0.39, 0.29) is 11.8 Å². The number of carboxylic acid groups (broad SMARTS) is 1. The summed E-state index contributed by atoms with van der Waals surface area (Å²) in [6, 6.07) is 19.4. The van der Waals surface area contributed by atoms with Crippen LogP contribution < -0.4 is 9.47 Å². The lowest BCUT2D eigenvalue weighted by molar-refractivity contribution is -0.139. The molecule has 3 aromatic rings. The normalized spacial score (nSPS) is 11.2. The summed E-state index contributed by atoms with van der Waals surface area (Å²) < 4.78 is 11.9. The molecule has 0 aromatic heterocycles. The van der Waals surface area contributed by atoms with Gasteiger partial charge >= 0.3 is 5.97 Å². The molecule has 3 rings (SSSR count). The summed E-state index contributed by atoms with van der Waals surface area (Å²) in [4.78, 5) is 21.8. The lowest BCUT2D eigenvalue weighted by Crippen LogP contribution is -2.19. The van der Waals surface area contributed by atoms with Crippen LogP contribution in [0.25, 0.3) is 11.1 Å². The molecule has 0 heterocycles. The number of ether oxygens (including phenoxy) is 2. The number of aliphatic carboxylic acids is 1. The molecule has 0 fully saturated rings. The summed E-state index contributed by atoms with van der Waals surface area (Å²) in [6.45, 7) is 8.93. The van der Waals surface area contributed by atoms with Crippen LogP contribution in [0, 0.1) is 19.3 Å². The Hall–Kier alpha value is -3.60. The van der Waals surface area contributed by atoms with Gasteiger partial charge in [-0.2, -0.15) is 0 Å². The fourth-order valence-corrected chi connectivity index (χ4v) is 4.03. The van der Waals surface area contributed by atoms with Gasteiger partial charge in [-0.05, 0) is 96.0 Å². The van der Waals surface area contributed by atoms with Gasteiger partial charge in [0.15, 0.2) is 0 Å². The van der Waals surface area contributed by atoms with Crippen LogP contribution in [0.1, 0.15) is 53.7 Å². The molecular weight excluding hydrogens is 428 g/mol. The number of hydrogen-bond donors (Lipinski definition) is 1. The third kappa shape index (κ3) is 6.95. The van der Waals surface area contributed by atoms with Crippen molar-refractivity contribution in [1.29, 1.82) is 0 Å². The topological polar surface area (TPSA) is 72.8 Å². The van der Waals surface area contributed by atoms with Gasteiger partial charge in [0.25, 0.3) is 0 Å². The summed E-state index contributed by atoms with van der Waals surface area (Å²) in [6.07, 6.45) is 1.60. The van der Waals surface area contributed by atoms with Gasteiger partial charge in [-0.1, -0.05) is 32.0 Å². The zero-order valence-electron chi connectivity index (χ0n) is 20.3. The van der Waals surface area contributed by atoms with Gasteiger partial charge in [0.05, 0.1) is 13.0 Å². The van der Waals surface area contributed by atoms with Crippen LogP contribution >= 0.6 is 0 Å². The molecule has 0 aliphatic rings. The van der Waals surface area contributed by atoms with E-state index >= 15 is 0 Å². The Balaban J connectivity index is 1.68. The third-order valence-electron chi connectivity index (χ3n) is 5.82. The Bertz CT molecular complexity index is 1120. The minimum atomic E-state index is -0.788. The number of hydrogen-bond acceptors (Lipinski definition) is 4. The highest BCUT2D eigenvalue weighted by Gasteiger charge is 2.21. The van der Waals surface area contributed by atoms with Gasteiger partial charge in [-0.15, -0.1) is 0 Å². The Morgan fingerprint density at radius 2 is 1.62 bits per heavy atom. The van der Waals surface area contributed by atoms with Gasteiger partial charge in [-0.3, -0.25) is 9.59 Å². The van der Waals surface area contributed by atoms with E-state index in [0.29, 0.717) is 25.2 Å². The number of aryl methyl sites for hydroxylation is 2. The van der Waals surface area contributed by atoms with Crippen LogP contribution in [-0.2, 0) is 11.4 Å². The standard InChI is InChI=1S/C29H32O5/c1-20-14-26(33-13-12-29(3,4)17-27(31)32)15-21(2)28(20)24-7-5-6-23(16-24)19-34-25-10-8-22(18-30)9-11-25/h5-11,14-16,18H,12-13,17,19H2,1-4H3,(H,31,32). The van der Waals surface area contributed by atoms with Gasteiger partial charge in [-0.25, -0.2) is 0 Å². The molecule has 5 nitrogen and oxygen atoms in total. The Morgan fingerprint density at radius 1 is 0.941 bits per heavy atom. The average Bonchev–Trinajstić information content (AvgIpc) is 2.77. The lowest BCUT2D eigenvalue weighted by Gasteiger charge is -2.22. The van der Waals surface area contributed by atoms with E-state index in [0.717, 1.165) is 45.6 Å². The highest BCUT2D eigenvalue weighted by molar-refractivity contribution is 5.75. The largest absolute Gasteiger partial charge is 0.494 e. The Labute approximate surface area is 201 Å². The minimum absolute atomic E-state index is 0.122. The maximum Gasteiger partial charge on any atom is 0.303 e. The number of aldehydes is 1. The molecule has 0 saturated heterocycles. The maximum absolute atomic E-state index is 11.0. The molecule has 3 aromatic carbocycles. The predicted molar refractivity (Wildman–Crippen MR) is 134 cm³/mol. The first-order valence-electron chi connectivity index (χ1n) is 11.4. The second-order valence-electron chi connectivity index (χ2n) is 9.44. The van der Waals surface area contributed by atoms with Crippen LogP contribution in [0.2, 0.25) is 0 Å². The van der Waals surface area contributed by atoms with Crippen LogP contribution in [-0.4, -0.2) is 24.0 Å². The zero-order valence-corrected chi connectivity index (χ0v) is 20.3. The minimum Gasteiger partial charge on any atom is -0.494 e. The van der Waals surface area contributed by atoms with Gasteiger partial charge < -0.3 is 14.6 Å². The van der Waals surface area contributed by atoms with Crippen LogP contribution in [0.4, 0.5) is 0 Å². The molecule has 0 atom stereocenters. The first-order chi connectivity index (χ1) is 16.2. The number of carbonyl (C=O) groups is 2. The first-order valence-corrected chi connectivity index (χ1v) is 11.4. The summed E-state index contributed by atoms with van der Waals surface area (Å²) in [5.41, 5.74) is 5.87. The van der Waals surface area contributed by atoms with Crippen molar-refractivity contribution in [2.75, 3.05) is 6.61 Å². The van der Waals surface area contributed by atoms with Crippen molar-refractivity contribution in [2.45, 2.75) is 47.1 Å². The summed E-state index contributed by atoms with van der Waals surface area (Å²) in [5.74, 6) is 0.726. The number of rotatable bonds is 11. The van der Waals surface area contributed by atoms with Crippen molar-refractivity contribution in [1.82, 2.24) is 0 Å². The quantitative estimate of drug-likeness (QED) is 0.325. The van der Waals surface area contributed by atoms with Crippen molar-refractivity contribution < 1.29 is 24.2 Å². The first kappa shape index (κ1) is 25.0. The van der Waals surface area contributed by atoms with E-state index < -0.39 is 5.97 Å². The van der Waals surface area contributed by atoms with Crippen molar-refractivity contribution in [3.05, 3.63) is 82.9 Å². The highest BCUT2D eigenvalue weighted by Crippen LogP contribution is 2.32. The van der Waals surface area contributed by atoms with Crippen LogP contribution in [0.15, 0.2) is 60.7 Å². The molecular formula is C29H32O5. The van der Waals surface area contributed by atoms with E-state index in [1.165, 1.54) is 0 Å². The molecule has 0 amide bonds. The second kappa shape index (κ2) is 11.0. The van der Waals surface area contributed by atoms with Crippen molar-refractivity contribution in [3.8, 4) is 22.6 Å². The van der Waals surface area contributed by atoms with E-state index in [4.69, 9.17) is 14.6 Å². The molecule has 0 radical (unpaired) electrons. The average molecular weight is 461 g/mol. The second-order valence-corrected chi connectivity index (χ2v) is 9.44. The molecule has 178 valence electrons. The van der Waals surface area contributed by atoms with E-state index in [1.54, 1.807) is 24.3 Å². The SMILES string of the molecule is Cc1cc(OCCC(C)(C)CC(=O)O)cc(C)c1-c1cccc(COc2ccc(C=O)cc2)c1. The molecule has 0 saturated carbocycles.